The summed E-state index contributed by atoms with van der Waals surface area (Å²) in [6.45, 7) is 5.33. The van der Waals surface area contributed by atoms with E-state index in [1.807, 2.05) is 13.0 Å². The Hall–Kier alpha value is -3.19. The molecular formula is C23H23FN2O3S. The third-order valence-corrected chi connectivity index (χ3v) is 6.25. The van der Waals surface area contributed by atoms with Crippen LogP contribution in [0.5, 0.6) is 0 Å². The Morgan fingerprint density at radius 1 is 0.967 bits per heavy atom. The molecule has 3 aromatic carbocycles. The van der Waals surface area contributed by atoms with Gasteiger partial charge in [-0.15, -0.1) is 0 Å². The summed E-state index contributed by atoms with van der Waals surface area (Å²) in [7, 11) is -3.74. The largest absolute Gasteiger partial charge is 0.346 e. The zero-order valence-electron chi connectivity index (χ0n) is 16.9. The standard InChI is InChI=1S/C23H23FN2O3S/c1-15-7-8-16(2)22(13-15)30(28,29)26-21-11-9-18(10-12-21)23(27)25-17(3)19-5-4-6-20(24)14-19/h4-14,17,26H,1-3H3,(H,25,27). The molecular weight excluding hydrogens is 403 g/mol. The highest BCUT2D eigenvalue weighted by Gasteiger charge is 2.18. The van der Waals surface area contributed by atoms with Gasteiger partial charge in [0.1, 0.15) is 5.82 Å². The molecule has 0 fully saturated rings. The van der Waals surface area contributed by atoms with E-state index in [1.165, 1.54) is 36.4 Å². The molecule has 0 saturated carbocycles. The van der Waals surface area contributed by atoms with Crippen molar-refractivity contribution in [3.8, 4) is 0 Å². The lowest BCUT2D eigenvalue weighted by atomic mass is 10.1. The number of anilines is 1. The second-order valence-corrected chi connectivity index (χ2v) is 8.85. The number of amides is 1. The number of hydrogen-bond acceptors (Lipinski definition) is 3. The molecule has 7 heteroatoms. The molecule has 3 rings (SSSR count). The first-order chi connectivity index (χ1) is 14.2. The Balaban J connectivity index is 1.71. The third-order valence-electron chi connectivity index (χ3n) is 4.73. The van der Waals surface area contributed by atoms with Gasteiger partial charge >= 0.3 is 0 Å². The summed E-state index contributed by atoms with van der Waals surface area (Å²) in [4.78, 5) is 12.7. The summed E-state index contributed by atoms with van der Waals surface area (Å²) in [5.74, 6) is -0.704. The minimum absolute atomic E-state index is 0.216. The topological polar surface area (TPSA) is 75.3 Å². The van der Waals surface area contributed by atoms with Crippen molar-refractivity contribution in [1.82, 2.24) is 5.32 Å². The maximum absolute atomic E-state index is 13.4. The van der Waals surface area contributed by atoms with E-state index < -0.39 is 10.0 Å². The molecule has 0 aromatic heterocycles. The van der Waals surface area contributed by atoms with Gasteiger partial charge in [-0.2, -0.15) is 0 Å². The summed E-state index contributed by atoms with van der Waals surface area (Å²) >= 11 is 0. The van der Waals surface area contributed by atoms with E-state index in [0.717, 1.165) is 5.56 Å². The quantitative estimate of drug-likeness (QED) is 0.598. The molecule has 1 atom stereocenters. The summed E-state index contributed by atoms with van der Waals surface area (Å²) in [6, 6.07) is 17.0. The number of benzene rings is 3. The smallest absolute Gasteiger partial charge is 0.262 e. The fourth-order valence-electron chi connectivity index (χ4n) is 3.04. The van der Waals surface area contributed by atoms with Gasteiger partial charge in [0.15, 0.2) is 0 Å². The predicted octanol–water partition coefficient (Wildman–Crippen LogP) is 4.73. The van der Waals surface area contributed by atoms with E-state index in [0.29, 0.717) is 22.4 Å². The van der Waals surface area contributed by atoms with Crippen LogP contribution < -0.4 is 10.0 Å². The number of carbonyl (C=O) groups is 1. The van der Waals surface area contributed by atoms with E-state index in [4.69, 9.17) is 0 Å². The van der Waals surface area contributed by atoms with Crippen LogP contribution in [-0.4, -0.2) is 14.3 Å². The Morgan fingerprint density at radius 2 is 1.67 bits per heavy atom. The van der Waals surface area contributed by atoms with Crippen molar-refractivity contribution in [2.75, 3.05) is 4.72 Å². The van der Waals surface area contributed by atoms with Crippen LogP contribution in [0.15, 0.2) is 71.6 Å². The van der Waals surface area contributed by atoms with Crippen LogP contribution in [0.4, 0.5) is 10.1 Å². The highest BCUT2D eigenvalue weighted by molar-refractivity contribution is 7.92. The minimum atomic E-state index is -3.74. The third kappa shape index (κ3) is 5.04. The first kappa shape index (κ1) is 21.5. The van der Waals surface area contributed by atoms with Gasteiger partial charge in [0, 0.05) is 11.3 Å². The second-order valence-electron chi connectivity index (χ2n) is 7.20. The number of rotatable bonds is 6. The molecule has 1 unspecified atom stereocenters. The van der Waals surface area contributed by atoms with Crippen LogP contribution in [-0.2, 0) is 10.0 Å². The molecule has 0 radical (unpaired) electrons. The van der Waals surface area contributed by atoms with E-state index in [-0.39, 0.29) is 22.7 Å². The lowest BCUT2D eigenvalue weighted by molar-refractivity contribution is 0.0940. The summed E-state index contributed by atoms with van der Waals surface area (Å²) < 4.78 is 41.3. The maximum Gasteiger partial charge on any atom is 0.262 e. The van der Waals surface area contributed by atoms with Gasteiger partial charge in [0.2, 0.25) is 0 Å². The highest BCUT2D eigenvalue weighted by Crippen LogP contribution is 2.21. The van der Waals surface area contributed by atoms with Crippen LogP contribution in [0.25, 0.3) is 0 Å². The van der Waals surface area contributed by atoms with Gasteiger partial charge in [-0.25, -0.2) is 12.8 Å². The van der Waals surface area contributed by atoms with Crippen LogP contribution in [0.2, 0.25) is 0 Å². The molecule has 3 aromatic rings. The molecule has 0 spiro atoms. The van der Waals surface area contributed by atoms with Crippen molar-refractivity contribution in [1.29, 1.82) is 0 Å². The molecule has 0 bridgehead atoms. The van der Waals surface area contributed by atoms with Crippen LogP contribution in [0.3, 0.4) is 0 Å². The summed E-state index contributed by atoms with van der Waals surface area (Å²) in [6.07, 6.45) is 0. The number of sulfonamides is 1. The first-order valence-electron chi connectivity index (χ1n) is 9.42. The van der Waals surface area contributed by atoms with Gasteiger partial charge in [0.05, 0.1) is 10.9 Å². The van der Waals surface area contributed by atoms with Gasteiger partial charge in [-0.1, -0.05) is 24.3 Å². The second kappa shape index (κ2) is 8.67. The SMILES string of the molecule is Cc1ccc(C)c(S(=O)(=O)Nc2ccc(C(=O)NC(C)c3cccc(F)c3)cc2)c1. The number of halogens is 1. The lowest BCUT2D eigenvalue weighted by Crippen LogP contribution is -2.26. The summed E-state index contributed by atoms with van der Waals surface area (Å²) in [5.41, 5.74) is 2.87. The number of aryl methyl sites for hydroxylation is 2. The average Bonchev–Trinajstić information content (AvgIpc) is 2.70. The number of hydrogen-bond donors (Lipinski definition) is 2. The molecule has 0 heterocycles. The summed E-state index contributed by atoms with van der Waals surface area (Å²) in [5, 5.41) is 2.80. The number of nitrogens with one attached hydrogen (secondary N) is 2. The van der Waals surface area contributed by atoms with Gasteiger partial charge < -0.3 is 5.32 Å². The fraction of sp³-hybridized carbons (Fsp3) is 0.174. The molecule has 0 aliphatic heterocycles. The van der Waals surface area contributed by atoms with Crippen molar-refractivity contribution in [3.05, 3.63) is 94.8 Å². The van der Waals surface area contributed by atoms with E-state index in [1.54, 1.807) is 38.1 Å². The molecule has 0 saturated heterocycles. The Morgan fingerprint density at radius 3 is 2.33 bits per heavy atom. The Bertz CT molecular complexity index is 1180. The van der Waals surface area contributed by atoms with Gasteiger partial charge in [-0.3, -0.25) is 9.52 Å². The van der Waals surface area contributed by atoms with Crippen molar-refractivity contribution in [2.45, 2.75) is 31.7 Å². The minimum Gasteiger partial charge on any atom is -0.346 e. The monoisotopic (exact) mass is 426 g/mol. The zero-order valence-corrected chi connectivity index (χ0v) is 17.8. The lowest BCUT2D eigenvalue weighted by Gasteiger charge is -2.15. The molecule has 156 valence electrons. The number of carbonyl (C=O) groups excluding carboxylic acids is 1. The zero-order chi connectivity index (χ0) is 21.9. The van der Waals surface area contributed by atoms with Crippen LogP contribution in [0.1, 0.15) is 40.0 Å². The van der Waals surface area contributed by atoms with Crippen molar-refractivity contribution < 1.29 is 17.6 Å². The first-order valence-corrected chi connectivity index (χ1v) is 10.9. The molecule has 0 aliphatic carbocycles. The van der Waals surface area contributed by atoms with Crippen molar-refractivity contribution >= 4 is 21.6 Å². The molecule has 1 amide bonds. The van der Waals surface area contributed by atoms with E-state index in [9.17, 15) is 17.6 Å². The normalized spacial score (nSPS) is 12.3. The fourth-order valence-corrected chi connectivity index (χ4v) is 4.43. The maximum atomic E-state index is 13.4. The Kier molecular flexibility index (Phi) is 6.22. The molecule has 5 nitrogen and oxygen atoms in total. The molecule has 2 N–H and O–H groups in total. The highest BCUT2D eigenvalue weighted by atomic mass is 32.2. The van der Waals surface area contributed by atoms with Crippen LogP contribution in [0, 0.1) is 19.7 Å². The van der Waals surface area contributed by atoms with Gasteiger partial charge in [0.25, 0.3) is 15.9 Å². The van der Waals surface area contributed by atoms with Crippen LogP contribution >= 0.6 is 0 Å². The van der Waals surface area contributed by atoms with E-state index >= 15 is 0 Å². The molecule has 0 aliphatic rings. The molecule has 30 heavy (non-hydrogen) atoms. The Labute approximate surface area is 176 Å². The van der Waals surface area contributed by atoms with Crippen molar-refractivity contribution in [3.63, 3.8) is 0 Å². The van der Waals surface area contributed by atoms with Gasteiger partial charge in [-0.05, 0) is 79.9 Å². The average molecular weight is 427 g/mol. The van der Waals surface area contributed by atoms with Crippen molar-refractivity contribution in [2.24, 2.45) is 0 Å². The van der Waals surface area contributed by atoms with E-state index in [2.05, 4.69) is 10.0 Å². The predicted molar refractivity (Wildman–Crippen MR) is 115 cm³/mol.